The number of anilines is 1. The molecule has 0 unspecified atom stereocenters. The number of nitrogens with one attached hydrogen (secondary N) is 1. The van der Waals surface area contributed by atoms with Gasteiger partial charge in [-0.1, -0.05) is 17.7 Å². The van der Waals surface area contributed by atoms with Crippen LogP contribution in [0.15, 0.2) is 35.2 Å². The highest BCUT2D eigenvalue weighted by atomic mass is 32.2. The van der Waals surface area contributed by atoms with Crippen molar-refractivity contribution in [2.45, 2.75) is 18.7 Å². The molecule has 1 aliphatic heterocycles. The molecule has 0 atom stereocenters. The monoisotopic (exact) mass is 377 g/mol. The highest BCUT2D eigenvalue weighted by molar-refractivity contribution is 7.89. The number of urea groups is 1. The Morgan fingerprint density at radius 1 is 1.08 bits per heavy atom. The molecule has 1 aromatic carbocycles. The number of hydrogen-bond acceptors (Lipinski definition) is 4. The van der Waals surface area contributed by atoms with Gasteiger partial charge < -0.3 is 4.90 Å². The molecule has 2 amide bonds. The summed E-state index contributed by atoms with van der Waals surface area (Å²) in [5.41, 5.74) is 1.95. The molecule has 1 N–H and O–H groups in total. The Labute approximate surface area is 153 Å². The van der Waals surface area contributed by atoms with Crippen LogP contribution >= 0.6 is 0 Å². The number of sulfonamides is 1. The fourth-order valence-electron chi connectivity index (χ4n) is 2.80. The van der Waals surface area contributed by atoms with E-state index in [0.717, 1.165) is 11.3 Å². The number of nitrogens with zero attached hydrogens (tertiary/aromatic N) is 4. The van der Waals surface area contributed by atoms with E-state index < -0.39 is 10.0 Å². The Kier molecular flexibility index (Phi) is 5.01. The Morgan fingerprint density at radius 3 is 2.23 bits per heavy atom. The van der Waals surface area contributed by atoms with Gasteiger partial charge >= 0.3 is 6.03 Å². The number of carbonyl (C=O) groups excluding carboxylic acids is 1. The van der Waals surface area contributed by atoms with Crippen molar-refractivity contribution in [1.82, 2.24) is 19.0 Å². The molecule has 2 aromatic rings. The minimum absolute atomic E-state index is 0.268. The van der Waals surface area contributed by atoms with Crippen LogP contribution < -0.4 is 5.32 Å². The molecule has 140 valence electrons. The maximum Gasteiger partial charge on any atom is 0.323 e. The molecule has 1 fully saturated rings. The summed E-state index contributed by atoms with van der Waals surface area (Å²) in [5.74, 6) is 0.490. The summed E-state index contributed by atoms with van der Waals surface area (Å²) in [7, 11) is -1.72. The van der Waals surface area contributed by atoms with Crippen molar-refractivity contribution in [3.8, 4) is 0 Å². The lowest BCUT2D eigenvalue weighted by Crippen LogP contribution is -2.51. The number of aromatic nitrogens is 2. The Morgan fingerprint density at radius 2 is 1.69 bits per heavy atom. The van der Waals surface area contributed by atoms with E-state index in [1.54, 1.807) is 47.0 Å². The molecule has 8 nitrogen and oxygen atoms in total. The molecule has 2 heterocycles. The smallest absolute Gasteiger partial charge is 0.322 e. The highest BCUT2D eigenvalue weighted by Gasteiger charge is 2.30. The lowest BCUT2D eigenvalue weighted by atomic mass is 10.2. The molecule has 26 heavy (non-hydrogen) atoms. The maximum atomic E-state index is 12.7. The molecule has 0 radical (unpaired) electrons. The fraction of sp³-hybridized carbons (Fsp3) is 0.412. The average Bonchev–Trinajstić information content (AvgIpc) is 2.92. The molecule has 0 aliphatic carbocycles. The van der Waals surface area contributed by atoms with Crippen molar-refractivity contribution < 1.29 is 13.2 Å². The van der Waals surface area contributed by atoms with E-state index >= 15 is 0 Å². The zero-order valence-corrected chi connectivity index (χ0v) is 16.0. The third-order valence-corrected chi connectivity index (χ3v) is 6.45. The predicted octanol–water partition coefficient (Wildman–Crippen LogP) is 1.58. The summed E-state index contributed by atoms with van der Waals surface area (Å²) in [6, 6.07) is 8.32. The van der Waals surface area contributed by atoms with E-state index in [1.807, 2.05) is 13.8 Å². The molecule has 1 aromatic heterocycles. The molecule has 0 bridgehead atoms. The van der Waals surface area contributed by atoms with Gasteiger partial charge in [0.05, 0.1) is 4.90 Å². The van der Waals surface area contributed by atoms with E-state index in [2.05, 4.69) is 10.4 Å². The van der Waals surface area contributed by atoms with Gasteiger partial charge in [-0.2, -0.15) is 9.40 Å². The second-order valence-corrected chi connectivity index (χ2v) is 8.37. The summed E-state index contributed by atoms with van der Waals surface area (Å²) in [4.78, 5) is 14.2. The number of benzene rings is 1. The van der Waals surface area contributed by atoms with Crippen LogP contribution in [0.3, 0.4) is 0 Å². The first-order chi connectivity index (χ1) is 12.3. The molecule has 0 spiro atoms. The first-order valence-corrected chi connectivity index (χ1v) is 9.85. The highest BCUT2D eigenvalue weighted by Crippen LogP contribution is 2.18. The van der Waals surface area contributed by atoms with E-state index in [-0.39, 0.29) is 24.0 Å². The number of aryl methyl sites for hydroxylation is 3. The van der Waals surface area contributed by atoms with Gasteiger partial charge in [0.1, 0.15) is 0 Å². The van der Waals surface area contributed by atoms with Crippen LogP contribution in [0.2, 0.25) is 0 Å². The molecule has 1 aliphatic rings. The number of hydrogen-bond donors (Lipinski definition) is 1. The van der Waals surface area contributed by atoms with Gasteiger partial charge in [0.2, 0.25) is 10.0 Å². The lowest BCUT2D eigenvalue weighted by Gasteiger charge is -2.33. The SMILES string of the molecule is Cc1ccc(S(=O)(=O)N2CCN(C(=O)Nc3cc(C)n(C)n3)CC2)cc1. The molecule has 1 saturated heterocycles. The number of piperazine rings is 1. The van der Waals surface area contributed by atoms with Crippen molar-refractivity contribution >= 4 is 21.9 Å². The van der Waals surface area contributed by atoms with Crippen LogP contribution in [0.4, 0.5) is 10.6 Å². The first-order valence-electron chi connectivity index (χ1n) is 8.41. The lowest BCUT2D eigenvalue weighted by molar-refractivity contribution is 0.184. The van der Waals surface area contributed by atoms with Crippen LogP contribution in [0.1, 0.15) is 11.3 Å². The van der Waals surface area contributed by atoms with Gasteiger partial charge in [-0.15, -0.1) is 0 Å². The van der Waals surface area contributed by atoms with Crippen LogP contribution in [0.25, 0.3) is 0 Å². The second kappa shape index (κ2) is 7.08. The number of amides is 2. The quantitative estimate of drug-likeness (QED) is 0.880. The van der Waals surface area contributed by atoms with Gasteiger partial charge in [0.15, 0.2) is 5.82 Å². The standard InChI is InChI=1S/C17H23N5O3S/c1-13-4-6-15(7-5-13)26(24,25)22-10-8-21(9-11-22)17(23)18-16-12-14(2)20(3)19-16/h4-7,12H,8-11H2,1-3H3,(H,18,19,23). The zero-order chi connectivity index (χ0) is 18.9. The van der Waals surface area contributed by atoms with Crippen LogP contribution in [-0.4, -0.2) is 59.6 Å². The average molecular weight is 377 g/mol. The predicted molar refractivity (Wildman–Crippen MR) is 98.5 cm³/mol. The molecular formula is C17H23N5O3S. The Hall–Kier alpha value is -2.39. The summed E-state index contributed by atoms with van der Waals surface area (Å²) in [6.07, 6.45) is 0. The van der Waals surface area contributed by atoms with Gasteiger partial charge in [-0.25, -0.2) is 13.2 Å². The van der Waals surface area contributed by atoms with Crippen molar-refractivity contribution in [2.24, 2.45) is 7.05 Å². The van der Waals surface area contributed by atoms with Crippen LogP contribution in [-0.2, 0) is 17.1 Å². The second-order valence-electron chi connectivity index (χ2n) is 6.43. The Bertz CT molecular complexity index is 877. The minimum atomic E-state index is -3.53. The number of carbonyl (C=O) groups is 1. The molecule has 0 saturated carbocycles. The van der Waals surface area contributed by atoms with E-state index in [4.69, 9.17) is 0 Å². The van der Waals surface area contributed by atoms with Crippen LogP contribution in [0, 0.1) is 13.8 Å². The summed E-state index contributed by atoms with van der Waals surface area (Å²) >= 11 is 0. The van der Waals surface area contributed by atoms with E-state index in [0.29, 0.717) is 18.9 Å². The normalized spacial score (nSPS) is 15.9. The topological polar surface area (TPSA) is 87.5 Å². The van der Waals surface area contributed by atoms with E-state index in [1.165, 1.54) is 4.31 Å². The van der Waals surface area contributed by atoms with Crippen molar-refractivity contribution in [1.29, 1.82) is 0 Å². The molecular weight excluding hydrogens is 354 g/mol. The number of rotatable bonds is 3. The van der Waals surface area contributed by atoms with Gasteiger partial charge in [0.25, 0.3) is 0 Å². The van der Waals surface area contributed by atoms with Crippen LogP contribution in [0.5, 0.6) is 0 Å². The minimum Gasteiger partial charge on any atom is -0.322 e. The fourth-order valence-corrected chi connectivity index (χ4v) is 4.22. The van der Waals surface area contributed by atoms with E-state index in [9.17, 15) is 13.2 Å². The largest absolute Gasteiger partial charge is 0.323 e. The van der Waals surface area contributed by atoms with Gasteiger partial charge in [-0.05, 0) is 26.0 Å². The zero-order valence-electron chi connectivity index (χ0n) is 15.1. The molecule has 3 rings (SSSR count). The maximum absolute atomic E-state index is 12.7. The summed E-state index contributed by atoms with van der Waals surface area (Å²) in [6.45, 7) is 5.02. The van der Waals surface area contributed by atoms with Crippen molar-refractivity contribution in [3.05, 3.63) is 41.6 Å². The van der Waals surface area contributed by atoms with Crippen molar-refractivity contribution in [2.75, 3.05) is 31.5 Å². The third kappa shape index (κ3) is 3.73. The third-order valence-electron chi connectivity index (χ3n) is 4.53. The van der Waals surface area contributed by atoms with Gasteiger partial charge in [0, 0.05) is 45.0 Å². The van der Waals surface area contributed by atoms with Crippen molar-refractivity contribution in [3.63, 3.8) is 0 Å². The molecule has 9 heteroatoms. The Balaban J connectivity index is 1.61. The summed E-state index contributed by atoms with van der Waals surface area (Å²) in [5, 5.41) is 6.95. The summed E-state index contributed by atoms with van der Waals surface area (Å²) < 4.78 is 28.5. The van der Waals surface area contributed by atoms with Gasteiger partial charge in [-0.3, -0.25) is 10.00 Å². The first kappa shape index (κ1) is 18.4.